The molecule has 4 heteroatoms. The fourth-order valence-corrected chi connectivity index (χ4v) is 2.70. The van der Waals surface area contributed by atoms with Crippen LogP contribution in [0.3, 0.4) is 0 Å². The normalized spacial score (nSPS) is 29.3. The van der Waals surface area contributed by atoms with Crippen LogP contribution in [0.5, 0.6) is 0 Å². The lowest BCUT2D eigenvalue weighted by atomic mass is 10.0. The van der Waals surface area contributed by atoms with E-state index in [2.05, 4.69) is 5.32 Å². The zero-order chi connectivity index (χ0) is 10.4. The van der Waals surface area contributed by atoms with Gasteiger partial charge in [-0.05, 0) is 38.3 Å². The van der Waals surface area contributed by atoms with Crippen molar-refractivity contribution in [3.05, 3.63) is 0 Å². The van der Waals surface area contributed by atoms with Crippen LogP contribution in [0.1, 0.15) is 25.7 Å². The summed E-state index contributed by atoms with van der Waals surface area (Å²) in [5, 5.41) is 3.52. The number of hydrogen-bond acceptors (Lipinski definition) is 3. The quantitative estimate of drug-likeness (QED) is 0.637. The SMILES string of the molecule is CS(=O)CCCNC1CCCC1CN. The van der Waals surface area contributed by atoms with Gasteiger partial charge in [-0.2, -0.15) is 0 Å². The lowest BCUT2D eigenvalue weighted by Gasteiger charge is -2.19. The second-order valence-corrected chi connectivity index (χ2v) is 5.67. The molecule has 0 aliphatic heterocycles. The van der Waals surface area contributed by atoms with Crippen LogP contribution in [0.25, 0.3) is 0 Å². The summed E-state index contributed by atoms with van der Waals surface area (Å²) in [5.74, 6) is 1.48. The number of hydrogen-bond donors (Lipinski definition) is 2. The molecule has 0 saturated heterocycles. The largest absolute Gasteiger partial charge is 0.330 e. The summed E-state index contributed by atoms with van der Waals surface area (Å²) < 4.78 is 10.8. The fourth-order valence-electron chi connectivity index (χ4n) is 2.15. The molecule has 3 nitrogen and oxygen atoms in total. The first-order chi connectivity index (χ1) is 6.74. The van der Waals surface area contributed by atoms with E-state index in [4.69, 9.17) is 5.73 Å². The predicted octanol–water partition coefficient (Wildman–Crippen LogP) is 0.472. The summed E-state index contributed by atoms with van der Waals surface area (Å²) in [7, 11) is -0.644. The van der Waals surface area contributed by atoms with Gasteiger partial charge in [0, 0.05) is 28.9 Å². The third-order valence-electron chi connectivity index (χ3n) is 2.98. The summed E-state index contributed by atoms with van der Waals surface area (Å²) >= 11 is 0. The second-order valence-electron chi connectivity index (χ2n) is 4.12. The molecule has 0 aromatic rings. The maximum atomic E-state index is 10.8. The zero-order valence-electron chi connectivity index (χ0n) is 9.00. The first-order valence-electron chi connectivity index (χ1n) is 5.47. The summed E-state index contributed by atoms with van der Waals surface area (Å²) in [4.78, 5) is 0. The molecular weight excluding hydrogens is 196 g/mol. The van der Waals surface area contributed by atoms with E-state index in [0.29, 0.717) is 12.0 Å². The second kappa shape index (κ2) is 6.53. The molecule has 0 heterocycles. The van der Waals surface area contributed by atoms with Crippen molar-refractivity contribution in [2.45, 2.75) is 31.7 Å². The molecule has 1 saturated carbocycles. The van der Waals surface area contributed by atoms with Gasteiger partial charge in [0.15, 0.2) is 0 Å². The van der Waals surface area contributed by atoms with Crippen molar-refractivity contribution in [3.8, 4) is 0 Å². The molecule has 0 spiro atoms. The van der Waals surface area contributed by atoms with E-state index >= 15 is 0 Å². The zero-order valence-corrected chi connectivity index (χ0v) is 9.81. The summed E-state index contributed by atoms with van der Waals surface area (Å²) in [6.45, 7) is 1.79. The monoisotopic (exact) mass is 218 g/mol. The van der Waals surface area contributed by atoms with E-state index in [1.165, 1.54) is 19.3 Å². The first-order valence-corrected chi connectivity index (χ1v) is 7.20. The Labute approximate surface area is 89.3 Å². The van der Waals surface area contributed by atoms with Crippen molar-refractivity contribution in [2.75, 3.05) is 25.1 Å². The van der Waals surface area contributed by atoms with Crippen molar-refractivity contribution in [3.63, 3.8) is 0 Å². The molecule has 1 aliphatic rings. The standard InChI is InChI=1S/C10H22N2OS/c1-14(13)7-3-6-12-10-5-2-4-9(10)8-11/h9-10,12H,2-8,11H2,1H3. The van der Waals surface area contributed by atoms with Gasteiger partial charge in [0.1, 0.15) is 0 Å². The molecule has 3 atom stereocenters. The molecule has 0 radical (unpaired) electrons. The van der Waals surface area contributed by atoms with Gasteiger partial charge < -0.3 is 11.1 Å². The minimum absolute atomic E-state index is 0.616. The van der Waals surface area contributed by atoms with Crippen LogP contribution in [0, 0.1) is 5.92 Å². The Morgan fingerprint density at radius 3 is 2.93 bits per heavy atom. The molecule has 84 valence electrons. The Morgan fingerprint density at radius 2 is 2.29 bits per heavy atom. The van der Waals surface area contributed by atoms with E-state index in [-0.39, 0.29) is 0 Å². The predicted molar refractivity (Wildman–Crippen MR) is 61.7 cm³/mol. The highest BCUT2D eigenvalue weighted by Crippen LogP contribution is 2.24. The number of rotatable bonds is 6. The highest BCUT2D eigenvalue weighted by Gasteiger charge is 2.24. The van der Waals surface area contributed by atoms with Gasteiger partial charge in [0.2, 0.25) is 0 Å². The van der Waals surface area contributed by atoms with E-state index < -0.39 is 10.8 Å². The smallest absolute Gasteiger partial charge is 0.0244 e. The minimum Gasteiger partial charge on any atom is -0.330 e. The highest BCUT2D eigenvalue weighted by molar-refractivity contribution is 7.84. The average molecular weight is 218 g/mol. The van der Waals surface area contributed by atoms with Crippen LogP contribution in [0.15, 0.2) is 0 Å². The van der Waals surface area contributed by atoms with Crippen LogP contribution in [-0.2, 0) is 10.8 Å². The Hall–Kier alpha value is 0.0700. The summed E-state index contributed by atoms with van der Waals surface area (Å²) in [6, 6.07) is 0.616. The van der Waals surface area contributed by atoms with Crippen LogP contribution >= 0.6 is 0 Å². The van der Waals surface area contributed by atoms with Crippen LogP contribution in [0.2, 0.25) is 0 Å². The van der Waals surface area contributed by atoms with Gasteiger partial charge in [0.25, 0.3) is 0 Å². The fraction of sp³-hybridized carbons (Fsp3) is 1.00. The first kappa shape index (κ1) is 12.1. The van der Waals surface area contributed by atoms with E-state index in [1.807, 2.05) is 0 Å². The summed E-state index contributed by atoms with van der Waals surface area (Å²) in [5.41, 5.74) is 5.69. The van der Waals surface area contributed by atoms with Crippen molar-refractivity contribution in [1.82, 2.24) is 5.32 Å². The Morgan fingerprint density at radius 1 is 1.50 bits per heavy atom. The third kappa shape index (κ3) is 4.07. The van der Waals surface area contributed by atoms with Gasteiger partial charge in [-0.3, -0.25) is 4.21 Å². The lowest BCUT2D eigenvalue weighted by Crippen LogP contribution is -2.36. The molecular formula is C10H22N2OS. The molecule has 3 unspecified atom stereocenters. The average Bonchev–Trinajstić information content (AvgIpc) is 2.59. The molecule has 0 amide bonds. The molecule has 1 fully saturated rings. The molecule has 1 aliphatic carbocycles. The van der Waals surface area contributed by atoms with Crippen molar-refractivity contribution < 1.29 is 4.21 Å². The van der Waals surface area contributed by atoms with Crippen LogP contribution < -0.4 is 11.1 Å². The van der Waals surface area contributed by atoms with Gasteiger partial charge >= 0.3 is 0 Å². The number of nitrogens with one attached hydrogen (secondary N) is 1. The van der Waals surface area contributed by atoms with E-state index in [0.717, 1.165) is 25.3 Å². The third-order valence-corrected chi connectivity index (χ3v) is 3.84. The molecule has 0 bridgehead atoms. The maximum Gasteiger partial charge on any atom is 0.0244 e. The maximum absolute atomic E-state index is 10.8. The Bertz CT molecular complexity index is 187. The van der Waals surface area contributed by atoms with Crippen molar-refractivity contribution in [2.24, 2.45) is 11.7 Å². The molecule has 1 rings (SSSR count). The van der Waals surface area contributed by atoms with Gasteiger partial charge in [-0.25, -0.2) is 0 Å². The lowest BCUT2D eigenvalue weighted by molar-refractivity contribution is 0.408. The molecule has 0 aromatic heterocycles. The highest BCUT2D eigenvalue weighted by atomic mass is 32.2. The van der Waals surface area contributed by atoms with E-state index in [9.17, 15) is 4.21 Å². The van der Waals surface area contributed by atoms with Gasteiger partial charge in [-0.15, -0.1) is 0 Å². The summed E-state index contributed by atoms with van der Waals surface area (Å²) in [6.07, 6.45) is 6.61. The van der Waals surface area contributed by atoms with E-state index in [1.54, 1.807) is 6.26 Å². The minimum atomic E-state index is -0.644. The van der Waals surface area contributed by atoms with Crippen LogP contribution in [0.4, 0.5) is 0 Å². The van der Waals surface area contributed by atoms with Crippen LogP contribution in [-0.4, -0.2) is 35.3 Å². The Balaban J connectivity index is 2.08. The molecule has 14 heavy (non-hydrogen) atoms. The van der Waals surface area contributed by atoms with Crippen molar-refractivity contribution in [1.29, 1.82) is 0 Å². The molecule has 3 N–H and O–H groups in total. The number of nitrogens with two attached hydrogens (primary N) is 1. The Kier molecular flexibility index (Phi) is 5.67. The topological polar surface area (TPSA) is 55.1 Å². The van der Waals surface area contributed by atoms with Crippen molar-refractivity contribution >= 4 is 10.8 Å². The van der Waals surface area contributed by atoms with Gasteiger partial charge in [-0.1, -0.05) is 6.42 Å². The molecule has 0 aromatic carbocycles. The van der Waals surface area contributed by atoms with Gasteiger partial charge in [0.05, 0.1) is 0 Å².